The van der Waals surface area contributed by atoms with Gasteiger partial charge in [0.05, 0.1) is 23.3 Å². The third kappa shape index (κ3) is 2.98. The van der Waals surface area contributed by atoms with Crippen LogP contribution in [0.3, 0.4) is 0 Å². The molecule has 3 rings (SSSR count). The van der Waals surface area contributed by atoms with Gasteiger partial charge in [-0.3, -0.25) is 9.78 Å². The monoisotopic (exact) mass is 328 g/mol. The van der Waals surface area contributed by atoms with Crippen LogP contribution in [0.5, 0.6) is 5.75 Å². The van der Waals surface area contributed by atoms with Gasteiger partial charge >= 0.3 is 6.16 Å². The molecule has 0 spiro atoms. The number of ether oxygens (including phenoxy) is 1. The molecule has 0 saturated heterocycles. The van der Waals surface area contributed by atoms with Crippen LogP contribution in [0.4, 0.5) is 4.79 Å². The summed E-state index contributed by atoms with van der Waals surface area (Å²) < 4.78 is 5.75. The number of hydrogen-bond donors (Lipinski definition) is 2. The van der Waals surface area contributed by atoms with Crippen molar-refractivity contribution >= 4 is 17.1 Å². The van der Waals surface area contributed by atoms with Crippen molar-refractivity contribution in [1.82, 2.24) is 19.7 Å². The third-order valence-electron chi connectivity index (χ3n) is 3.54. The minimum absolute atomic E-state index is 0.0355. The number of benzene rings is 1. The van der Waals surface area contributed by atoms with Crippen molar-refractivity contribution in [2.45, 2.75) is 26.2 Å². The molecule has 0 aliphatic carbocycles. The molecule has 0 bridgehead atoms. The molecular formula is C16H16N4O4. The molecule has 0 amide bonds. The number of aromatic nitrogens is 4. The Labute approximate surface area is 136 Å². The number of fused-ring (bicyclic) bond motifs is 1. The van der Waals surface area contributed by atoms with Crippen LogP contribution in [0.25, 0.3) is 16.9 Å². The van der Waals surface area contributed by atoms with Crippen molar-refractivity contribution in [1.29, 1.82) is 0 Å². The van der Waals surface area contributed by atoms with Gasteiger partial charge in [0.25, 0.3) is 5.56 Å². The number of nitrogens with zero attached hydrogens (tertiary/aromatic N) is 3. The lowest BCUT2D eigenvalue weighted by molar-refractivity contribution is 0.144. The van der Waals surface area contributed by atoms with E-state index in [1.165, 1.54) is 17.1 Å². The highest BCUT2D eigenvalue weighted by atomic mass is 16.7. The van der Waals surface area contributed by atoms with E-state index >= 15 is 0 Å². The van der Waals surface area contributed by atoms with Crippen molar-refractivity contribution < 1.29 is 14.6 Å². The van der Waals surface area contributed by atoms with E-state index in [9.17, 15) is 9.59 Å². The predicted octanol–water partition coefficient (Wildman–Crippen LogP) is 2.46. The van der Waals surface area contributed by atoms with Gasteiger partial charge < -0.3 is 9.84 Å². The highest BCUT2D eigenvalue weighted by Gasteiger charge is 2.16. The first-order valence-electron chi connectivity index (χ1n) is 7.24. The zero-order valence-corrected chi connectivity index (χ0v) is 13.4. The van der Waals surface area contributed by atoms with Crippen LogP contribution in [-0.2, 0) is 5.41 Å². The van der Waals surface area contributed by atoms with E-state index in [-0.39, 0.29) is 22.7 Å². The van der Waals surface area contributed by atoms with E-state index in [1.807, 2.05) is 12.1 Å². The molecule has 124 valence electrons. The number of carboxylic acid groups (broad SMARTS) is 1. The average Bonchev–Trinajstić information content (AvgIpc) is 2.93. The van der Waals surface area contributed by atoms with E-state index in [1.54, 1.807) is 6.07 Å². The second-order valence-corrected chi connectivity index (χ2v) is 6.36. The molecule has 3 aromatic rings. The van der Waals surface area contributed by atoms with Gasteiger partial charge in [-0.25, -0.2) is 14.5 Å². The lowest BCUT2D eigenvalue weighted by Gasteiger charge is -2.19. The maximum atomic E-state index is 12.4. The Morgan fingerprint density at radius 1 is 1.33 bits per heavy atom. The fourth-order valence-electron chi connectivity index (χ4n) is 2.28. The van der Waals surface area contributed by atoms with Crippen molar-refractivity contribution in [3.8, 4) is 11.7 Å². The third-order valence-corrected chi connectivity index (χ3v) is 3.54. The molecule has 2 N–H and O–H groups in total. The molecule has 1 aromatic carbocycles. The maximum absolute atomic E-state index is 12.4. The summed E-state index contributed by atoms with van der Waals surface area (Å²) >= 11 is 0. The van der Waals surface area contributed by atoms with Crippen LogP contribution >= 0.6 is 0 Å². The van der Waals surface area contributed by atoms with Crippen LogP contribution in [0.15, 0.2) is 35.4 Å². The topological polar surface area (TPSA) is 110 Å². The van der Waals surface area contributed by atoms with Gasteiger partial charge in [-0.05, 0) is 23.1 Å². The fraction of sp³-hybridized carbons (Fsp3) is 0.250. The summed E-state index contributed by atoms with van der Waals surface area (Å²) in [6.07, 6.45) is 1.10. The van der Waals surface area contributed by atoms with Gasteiger partial charge in [0.1, 0.15) is 0 Å². The van der Waals surface area contributed by atoms with E-state index in [0.29, 0.717) is 10.9 Å². The van der Waals surface area contributed by atoms with Crippen molar-refractivity contribution in [3.63, 3.8) is 0 Å². The van der Waals surface area contributed by atoms with Gasteiger partial charge in [-0.2, -0.15) is 5.10 Å². The number of rotatable bonds is 2. The summed E-state index contributed by atoms with van der Waals surface area (Å²) in [6, 6.07) is 5.54. The Morgan fingerprint density at radius 3 is 2.75 bits per heavy atom. The summed E-state index contributed by atoms with van der Waals surface area (Å²) in [5.74, 6) is 0.213. The van der Waals surface area contributed by atoms with E-state index in [2.05, 4.69) is 40.6 Å². The second-order valence-electron chi connectivity index (χ2n) is 6.36. The Hall–Kier alpha value is -3.16. The molecule has 0 saturated carbocycles. The summed E-state index contributed by atoms with van der Waals surface area (Å²) in [5.41, 5.74) is 1.19. The molecule has 0 atom stereocenters. The van der Waals surface area contributed by atoms with Gasteiger partial charge in [0, 0.05) is 0 Å². The van der Waals surface area contributed by atoms with E-state index < -0.39 is 6.16 Å². The Balaban J connectivity index is 2.07. The number of hydrogen-bond acceptors (Lipinski definition) is 5. The van der Waals surface area contributed by atoms with E-state index in [0.717, 1.165) is 5.56 Å². The first-order valence-corrected chi connectivity index (χ1v) is 7.24. The molecule has 0 aliphatic rings. The largest absolute Gasteiger partial charge is 0.511 e. The molecule has 0 fully saturated rings. The van der Waals surface area contributed by atoms with Crippen molar-refractivity contribution in [3.05, 3.63) is 46.5 Å². The average molecular weight is 328 g/mol. The lowest BCUT2D eigenvalue weighted by Crippen LogP contribution is -2.16. The standard InChI is InChI=1S/C16H16N4O4/c1-16(2,3)9-4-5-12-11(6-9)13(21)19-14(18-12)20-8-10(7-17-20)24-15(22)23/h4-8H,1-3H3,(H,22,23)(H,18,19,21). The number of nitrogens with one attached hydrogen (secondary N) is 1. The highest BCUT2D eigenvalue weighted by molar-refractivity contribution is 5.79. The molecule has 8 heteroatoms. The maximum Gasteiger partial charge on any atom is 0.511 e. The predicted molar refractivity (Wildman–Crippen MR) is 86.8 cm³/mol. The van der Waals surface area contributed by atoms with Crippen LogP contribution in [0.2, 0.25) is 0 Å². The number of aromatic amines is 1. The van der Waals surface area contributed by atoms with Crippen molar-refractivity contribution in [2.24, 2.45) is 0 Å². The summed E-state index contributed by atoms with van der Waals surface area (Å²) in [6.45, 7) is 6.20. The Kier molecular flexibility index (Phi) is 3.59. The van der Waals surface area contributed by atoms with Gasteiger partial charge in [0.2, 0.25) is 5.95 Å². The SMILES string of the molecule is CC(C)(C)c1ccc2nc(-n3cc(OC(=O)O)cn3)[nH]c(=O)c2c1. The van der Waals surface area contributed by atoms with Crippen molar-refractivity contribution in [2.75, 3.05) is 0 Å². The van der Waals surface area contributed by atoms with Gasteiger partial charge in [0.15, 0.2) is 5.75 Å². The molecule has 24 heavy (non-hydrogen) atoms. The summed E-state index contributed by atoms with van der Waals surface area (Å²) in [7, 11) is 0. The molecule has 0 unspecified atom stereocenters. The summed E-state index contributed by atoms with van der Waals surface area (Å²) in [4.78, 5) is 29.9. The molecule has 0 radical (unpaired) electrons. The fourth-order valence-corrected chi connectivity index (χ4v) is 2.28. The smallest absolute Gasteiger partial charge is 0.449 e. The molecule has 8 nitrogen and oxygen atoms in total. The van der Waals surface area contributed by atoms with Crippen LogP contribution < -0.4 is 10.3 Å². The Morgan fingerprint density at radius 2 is 2.08 bits per heavy atom. The van der Waals surface area contributed by atoms with E-state index in [4.69, 9.17) is 5.11 Å². The minimum atomic E-state index is -1.44. The second kappa shape index (κ2) is 5.48. The van der Waals surface area contributed by atoms with Gasteiger partial charge in [-0.15, -0.1) is 0 Å². The first-order chi connectivity index (χ1) is 11.2. The zero-order chi connectivity index (χ0) is 17.5. The summed E-state index contributed by atoms with van der Waals surface area (Å²) in [5, 5.41) is 13.0. The van der Waals surface area contributed by atoms with Gasteiger partial charge in [-0.1, -0.05) is 26.8 Å². The highest BCUT2D eigenvalue weighted by Crippen LogP contribution is 2.24. The van der Waals surface area contributed by atoms with Crippen LogP contribution in [-0.4, -0.2) is 31.0 Å². The molecule has 2 aromatic heterocycles. The molecule has 0 aliphatic heterocycles. The number of H-pyrrole nitrogens is 1. The number of carbonyl (C=O) groups is 1. The lowest BCUT2D eigenvalue weighted by atomic mass is 9.86. The van der Waals surface area contributed by atoms with Crippen LogP contribution in [0.1, 0.15) is 26.3 Å². The quantitative estimate of drug-likeness (QED) is 0.699. The zero-order valence-electron chi connectivity index (χ0n) is 13.4. The molecule has 2 heterocycles. The van der Waals surface area contributed by atoms with Crippen LogP contribution in [0, 0.1) is 0 Å². The Bertz CT molecular complexity index is 982. The molecular weight excluding hydrogens is 312 g/mol. The minimum Gasteiger partial charge on any atom is -0.449 e. The normalized spacial score (nSPS) is 11.6. The first kappa shape index (κ1) is 15.7.